The number of carbonyl (C=O) groups excluding carboxylic acids is 1. The van der Waals surface area contributed by atoms with Crippen LogP contribution in [0.1, 0.15) is 10.4 Å². The van der Waals surface area contributed by atoms with E-state index in [1.165, 1.54) is 30.9 Å². The molecular weight excluding hydrogens is 225 g/mol. The quantitative estimate of drug-likeness (QED) is 0.825. The Morgan fingerprint density at radius 1 is 1.29 bits per heavy atom. The number of hydrogen-bond acceptors (Lipinski definition) is 4. The van der Waals surface area contributed by atoms with E-state index < -0.39 is 11.7 Å². The predicted molar refractivity (Wildman–Crippen MR) is 58.1 cm³/mol. The van der Waals surface area contributed by atoms with E-state index in [-0.39, 0.29) is 11.3 Å². The third-order valence-electron chi connectivity index (χ3n) is 2.02. The van der Waals surface area contributed by atoms with Gasteiger partial charge in [0.1, 0.15) is 17.9 Å². The number of hydrogen-bond donors (Lipinski definition) is 2. The monoisotopic (exact) mass is 233 g/mol. The molecule has 0 radical (unpaired) electrons. The van der Waals surface area contributed by atoms with Crippen molar-refractivity contribution in [3.63, 3.8) is 0 Å². The lowest BCUT2D eigenvalue weighted by Crippen LogP contribution is -2.13. The maximum absolute atomic E-state index is 13.4. The first-order chi connectivity index (χ1) is 8.16. The van der Waals surface area contributed by atoms with E-state index in [1.807, 2.05) is 0 Å². The van der Waals surface area contributed by atoms with Crippen molar-refractivity contribution >= 4 is 11.6 Å². The normalized spacial score (nSPS) is 9.94. The second-order valence-corrected chi connectivity index (χ2v) is 3.25. The van der Waals surface area contributed by atoms with Crippen LogP contribution >= 0.6 is 0 Å². The van der Waals surface area contributed by atoms with Crippen molar-refractivity contribution in [3.8, 4) is 5.75 Å². The molecule has 0 aliphatic rings. The third-order valence-corrected chi connectivity index (χ3v) is 2.02. The number of carbonyl (C=O) groups is 1. The number of nitrogens with zero attached hydrogens (tertiary/aromatic N) is 2. The van der Waals surface area contributed by atoms with Crippen LogP contribution in [0.5, 0.6) is 5.75 Å². The molecule has 0 bridgehead atoms. The summed E-state index contributed by atoms with van der Waals surface area (Å²) in [5, 5.41) is 11.5. The molecule has 17 heavy (non-hydrogen) atoms. The zero-order valence-corrected chi connectivity index (χ0v) is 8.59. The molecular formula is C11H8FN3O2. The molecule has 0 atom stereocenters. The minimum Gasteiger partial charge on any atom is -0.508 e. The van der Waals surface area contributed by atoms with Crippen molar-refractivity contribution in [2.24, 2.45) is 0 Å². The maximum Gasteiger partial charge on any atom is 0.258 e. The molecule has 2 N–H and O–H groups in total. The highest BCUT2D eigenvalue weighted by molar-refractivity contribution is 6.04. The number of halogens is 1. The number of rotatable bonds is 2. The highest BCUT2D eigenvalue weighted by Gasteiger charge is 2.12. The molecule has 6 heteroatoms. The third kappa shape index (κ3) is 2.54. The molecule has 0 fully saturated rings. The van der Waals surface area contributed by atoms with E-state index in [0.29, 0.717) is 5.69 Å². The number of anilines is 1. The van der Waals surface area contributed by atoms with E-state index in [4.69, 9.17) is 5.11 Å². The molecule has 1 heterocycles. The lowest BCUT2D eigenvalue weighted by atomic mass is 10.2. The van der Waals surface area contributed by atoms with E-state index in [2.05, 4.69) is 15.3 Å². The Morgan fingerprint density at radius 2 is 2.00 bits per heavy atom. The lowest BCUT2D eigenvalue weighted by Gasteiger charge is -2.05. The van der Waals surface area contributed by atoms with Gasteiger partial charge < -0.3 is 10.4 Å². The van der Waals surface area contributed by atoms with Crippen LogP contribution in [0.2, 0.25) is 0 Å². The van der Waals surface area contributed by atoms with Crippen molar-refractivity contribution in [2.75, 3.05) is 5.32 Å². The Balaban J connectivity index is 2.21. The van der Waals surface area contributed by atoms with Gasteiger partial charge in [-0.05, 0) is 12.1 Å². The first kappa shape index (κ1) is 11.0. The lowest BCUT2D eigenvalue weighted by molar-refractivity contribution is 0.102. The molecule has 5 nitrogen and oxygen atoms in total. The van der Waals surface area contributed by atoms with Crippen LogP contribution in [0.3, 0.4) is 0 Å². The molecule has 0 aliphatic carbocycles. The molecule has 2 rings (SSSR count). The summed E-state index contributed by atoms with van der Waals surface area (Å²) in [5.74, 6) is -1.65. The number of phenols is 1. The van der Waals surface area contributed by atoms with Crippen LogP contribution in [0.25, 0.3) is 0 Å². The Kier molecular flexibility index (Phi) is 2.95. The SMILES string of the molecule is O=C(Nc1cncnc1)c1ccc(O)cc1F. The Bertz CT molecular complexity index is 546. The van der Waals surface area contributed by atoms with Gasteiger partial charge in [-0.2, -0.15) is 0 Å². The first-order valence-corrected chi connectivity index (χ1v) is 4.71. The second kappa shape index (κ2) is 4.56. The minimum absolute atomic E-state index is 0.161. The van der Waals surface area contributed by atoms with Crippen LogP contribution in [0.15, 0.2) is 36.9 Å². The van der Waals surface area contributed by atoms with Gasteiger partial charge in [0.2, 0.25) is 0 Å². The summed E-state index contributed by atoms with van der Waals surface area (Å²) in [7, 11) is 0. The summed E-state index contributed by atoms with van der Waals surface area (Å²) in [5.41, 5.74) is 0.205. The predicted octanol–water partition coefficient (Wildman–Crippen LogP) is 1.57. The topological polar surface area (TPSA) is 75.1 Å². The van der Waals surface area contributed by atoms with Gasteiger partial charge in [-0.15, -0.1) is 0 Å². The molecule has 0 saturated heterocycles. The Labute approximate surface area is 96.0 Å². The van der Waals surface area contributed by atoms with Crippen molar-refractivity contribution in [2.45, 2.75) is 0 Å². The number of phenolic OH excluding ortho intramolecular Hbond substituents is 1. The smallest absolute Gasteiger partial charge is 0.258 e. The fourth-order valence-corrected chi connectivity index (χ4v) is 1.25. The zero-order valence-electron chi connectivity index (χ0n) is 8.59. The number of aromatic hydroxyl groups is 1. The first-order valence-electron chi connectivity index (χ1n) is 4.71. The van der Waals surface area contributed by atoms with Gasteiger partial charge in [-0.3, -0.25) is 4.79 Å². The molecule has 86 valence electrons. The van der Waals surface area contributed by atoms with Gasteiger partial charge in [-0.1, -0.05) is 0 Å². The molecule has 0 unspecified atom stereocenters. The summed E-state index contributed by atoms with van der Waals surface area (Å²) >= 11 is 0. The Morgan fingerprint density at radius 3 is 2.65 bits per heavy atom. The summed E-state index contributed by atoms with van der Waals surface area (Å²) in [4.78, 5) is 19.1. The van der Waals surface area contributed by atoms with Gasteiger partial charge in [-0.25, -0.2) is 14.4 Å². The zero-order chi connectivity index (χ0) is 12.3. The van der Waals surface area contributed by atoms with Crippen LogP contribution < -0.4 is 5.32 Å². The maximum atomic E-state index is 13.4. The van der Waals surface area contributed by atoms with Crippen molar-refractivity contribution in [3.05, 3.63) is 48.3 Å². The van der Waals surface area contributed by atoms with Crippen molar-refractivity contribution in [1.29, 1.82) is 0 Å². The van der Waals surface area contributed by atoms with E-state index >= 15 is 0 Å². The molecule has 1 amide bonds. The average Bonchev–Trinajstić information content (AvgIpc) is 2.30. The van der Waals surface area contributed by atoms with Gasteiger partial charge in [0.25, 0.3) is 5.91 Å². The Hall–Kier alpha value is -2.50. The fraction of sp³-hybridized carbons (Fsp3) is 0. The van der Waals surface area contributed by atoms with Crippen molar-refractivity contribution in [1.82, 2.24) is 9.97 Å². The summed E-state index contributed by atoms with van der Waals surface area (Å²) in [6.07, 6.45) is 4.10. The van der Waals surface area contributed by atoms with Crippen LogP contribution in [0.4, 0.5) is 10.1 Å². The molecule has 0 saturated carbocycles. The van der Waals surface area contributed by atoms with E-state index in [0.717, 1.165) is 6.07 Å². The number of benzene rings is 1. The summed E-state index contributed by atoms with van der Waals surface area (Å²) in [6.45, 7) is 0. The minimum atomic E-state index is -0.792. The van der Waals surface area contributed by atoms with Gasteiger partial charge in [0.05, 0.1) is 23.6 Å². The number of amides is 1. The second-order valence-electron chi connectivity index (χ2n) is 3.25. The van der Waals surface area contributed by atoms with Gasteiger partial charge >= 0.3 is 0 Å². The molecule has 1 aromatic heterocycles. The van der Waals surface area contributed by atoms with Gasteiger partial charge in [0.15, 0.2) is 0 Å². The highest BCUT2D eigenvalue weighted by atomic mass is 19.1. The van der Waals surface area contributed by atoms with Crippen LogP contribution in [-0.4, -0.2) is 21.0 Å². The van der Waals surface area contributed by atoms with Gasteiger partial charge in [0, 0.05) is 6.07 Å². The van der Waals surface area contributed by atoms with Crippen LogP contribution in [-0.2, 0) is 0 Å². The highest BCUT2D eigenvalue weighted by Crippen LogP contribution is 2.16. The van der Waals surface area contributed by atoms with E-state index in [9.17, 15) is 9.18 Å². The number of aromatic nitrogens is 2. The molecule has 2 aromatic rings. The largest absolute Gasteiger partial charge is 0.508 e. The standard InChI is InChI=1S/C11H8FN3O2/c12-10-3-8(16)1-2-9(10)11(17)15-7-4-13-6-14-5-7/h1-6,16H,(H,15,17). The van der Waals surface area contributed by atoms with Crippen LogP contribution in [0, 0.1) is 5.82 Å². The summed E-state index contributed by atoms with van der Waals surface area (Å²) in [6, 6.07) is 3.31. The molecule has 0 aliphatic heterocycles. The molecule has 1 aromatic carbocycles. The average molecular weight is 233 g/mol. The number of nitrogens with one attached hydrogen (secondary N) is 1. The van der Waals surface area contributed by atoms with Crippen molar-refractivity contribution < 1.29 is 14.3 Å². The summed E-state index contributed by atoms with van der Waals surface area (Å²) < 4.78 is 13.4. The molecule has 0 spiro atoms. The fourth-order valence-electron chi connectivity index (χ4n) is 1.25. The van der Waals surface area contributed by atoms with E-state index in [1.54, 1.807) is 0 Å².